The molecule has 0 aromatic heterocycles. The smallest absolute Gasteiger partial charge is 0.390 e. The lowest BCUT2D eigenvalue weighted by Crippen LogP contribution is -2.46. The van der Waals surface area contributed by atoms with Crippen molar-refractivity contribution < 1.29 is 23.0 Å². The first-order valence-corrected chi connectivity index (χ1v) is 6.79. The zero-order valence-electron chi connectivity index (χ0n) is 12.6. The van der Waals surface area contributed by atoms with E-state index in [1.807, 2.05) is 0 Å². The molecule has 0 spiro atoms. The van der Waals surface area contributed by atoms with Crippen LogP contribution in [0.5, 0.6) is 11.5 Å². The fourth-order valence-electron chi connectivity index (χ4n) is 2.58. The van der Waals surface area contributed by atoms with E-state index in [1.54, 1.807) is 4.90 Å². The molecule has 134 valence electrons. The third kappa shape index (κ3) is 6.25. The van der Waals surface area contributed by atoms with Gasteiger partial charge in [0, 0.05) is 37.8 Å². The highest BCUT2D eigenvalue weighted by Crippen LogP contribution is 2.39. The Morgan fingerprint density at radius 2 is 1.87 bits per heavy atom. The average molecular weight is 377 g/mol. The highest BCUT2D eigenvalue weighted by atomic mass is 35.5. The van der Waals surface area contributed by atoms with Crippen LogP contribution in [0.4, 0.5) is 13.2 Å². The van der Waals surface area contributed by atoms with Gasteiger partial charge in [0.05, 0.1) is 13.5 Å². The fourth-order valence-corrected chi connectivity index (χ4v) is 2.58. The maximum atomic E-state index is 12.9. The molecule has 2 rings (SSSR count). The highest BCUT2D eigenvalue weighted by molar-refractivity contribution is 5.85. The summed E-state index contributed by atoms with van der Waals surface area (Å²) >= 11 is 0. The standard InChI is InChI=1S/C14H19F3N2O2.2ClH/c1-21-10-2-3-13(20)11(8-10)12(9-14(15,16)17)19-6-4-18-5-7-19;;/h2-3,8,12,18,20H,4-7,9H2,1H3;2*1H/t12-;;/m1../s1. The van der Waals surface area contributed by atoms with Crippen molar-refractivity contribution in [3.63, 3.8) is 0 Å². The van der Waals surface area contributed by atoms with Gasteiger partial charge in [-0.05, 0) is 18.2 Å². The van der Waals surface area contributed by atoms with Crippen LogP contribution in [-0.2, 0) is 0 Å². The number of alkyl halides is 3. The summed E-state index contributed by atoms with van der Waals surface area (Å²) < 4.78 is 43.8. The Bertz CT molecular complexity index is 484. The van der Waals surface area contributed by atoms with Crippen molar-refractivity contribution in [1.82, 2.24) is 10.2 Å². The number of hydrogen-bond acceptors (Lipinski definition) is 4. The van der Waals surface area contributed by atoms with E-state index in [-0.39, 0.29) is 36.1 Å². The van der Waals surface area contributed by atoms with E-state index >= 15 is 0 Å². The molecule has 4 nitrogen and oxygen atoms in total. The van der Waals surface area contributed by atoms with Gasteiger partial charge in [0.2, 0.25) is 0 Å². The summed E-state index contributed by atoms with van der Waals surface area (Å²) in [5.74, 6) is 0.300. The maximum Gasteiger partial charge on any atom is 0.390 e. The fraction of sp³-hybridized carbons (Fsp3) is 0.571. The molecule has 0 amide bonds. The quantitative estimate of drug-likeness (QED) is 0.847. The average Bonchev–Trinajstić information content (AvgIpc) is 2.45. The first-order valence-electron chi connectivity index (χ1n) is 6.79. The lowest BCUT2D eigenvalue weighted by Gasteiger charge is -2.36. The van der Waals surface area contributed by atoms with Crippen LogP contribution in [0.3, 0.4) is 0 Å². The van der Waals surface area contributed by atoms with Crippen LogP contribution in [0.25, 0.3) is 0 Å². The molecule has 1 aliphatic heterocycles. The molecular weight excluding hydrogens is 356 g/mol. The van der Waals surface area contributed by atoms with E-state index < -0.39 is 18.6 Å². The lowest BCUT2D eigenvalue weighted by atomic mass is 9.99. The van der Waals surface area contributed by atoms with Crippen LogP contribution in [0.1, 0.15) is 18.0 Å². The van der Waals surface area contributed by atoms with Gasteiger partial charge in [0.25, 0.3) is 0 Å². The number of phenols is 1. The van der Waals surface area contributed by atoms with Crippen molar-refractivity contribution in [1.29, 1.82) is 0 Å². The minimum Gasteiger partial charge on any atom is -0.508 e. The highest BCUT2D eigenvalue weighted by Gasteiger charge is 2.37. The first kappa shape index (κ1) is 22.1. The lowest BCUT2D eigenvalue weighted by molar-refractivity contribution is -0.148. The molecular formula is C14H21Cl2F3N2O2. The monoisotopic (exact) mass is 376 g/mol. The van der Waals surface area contributed by atoms with Gasteiger partial charge in [-0.1, -0.05) is 0 Å². The minimum atomic E-state index is -4.30. The Kier molecular flexibility index (Phi) is 9.05. The zero-order chi connectivity index (χ0) is 15.5. The molecule has 1 aliphatic rings. The largest absolute Gasteiger partial charge is 0.508 e. The molecule has 2 N–H and O–H groups in total. The number of phenolic OH excluding ortho intramolecular Hbond substituents is 1. The number of ether oxygens (including phenoxy) is 1. The normalized spacial score (nSPS) is 16.9. The topological polar surface area (TPSA) is 44.7 Å². The molecule has 0 unspecified atom stereocenters. The summed E-state index contributed by atoms with van der Waals surface area (Å²) in [5.41, 5.74) is 0.258. The molecule has 0 radical (unpaired) electrons. The van der Waals surface area contributed by atoms with Crippen LogP contribution < -0.4 is 10.1 Å². The number of benzene rings is 1. The van der Waals surface area contributed by atoms with Crippen molar-refractivity contribution in [2.45, 2.75) is 18.6 Å². The number of nitrogens with one attached hydrogen (secondary N) is 1. The number of halogens is 5. The number of nitrogens with zero attached hydrogens (tertiary/aromatic N) is 1. The zero-order valence-corrected chi connectivity index (χ0v) is 14.2. The van der Waals surface area contributed by atoms with Crippen molar-refractivity contribution in [3.8, 4) is 11.5 Å². The molecule has 0 saturated carbocycles. The Balaban J connectivity index is 0.00000242. The van der Waals surface area contributed by atoms with E-state index in [4.69, 9.17) is 4.74 Å². The SMILES string of the molecule is COc1ccc(O)c([C@@H](CC(F)(F)F)N2CCNCC2)c1.Cl.Cl. The Labute approximate surface area is 145 Å². The molecule has 0 bridgehead atoms. The number of rotatable bonds is 4. The first-order chi connectivity index (χ1) is 9.90. The molecule has 1 atom stereocenters. The molecule has 1 saturated heterocycles. The van der Waals surface area contributed by atoms with Crippen LogP contribution >= 0.6 is 24.8 Å². The number of methoxy groups -OCH3 is 1. The second-order valence-electron chi connectivity index (χ2n) is 5.05. The van der Waals surface area contributed by atoms with Gasteiger partial charge >= 0.3 is 6.18 Å². The van der Waals surface area contributed by atoms with Gasteiger partial charge in [-0.3, -0.25) is 4.90 Å². The third-order valence-electron chi connectivity index (χ3n) is 3.61. The summed E-state index contributed by atoms with van der Waals surface area (Å²) in [5, 5.41) is 13.1. The predicted octanol–water partition coefficient (Wildman–Crippen LogP) is 3.14. The summed E-state index contributed by atoms with van der Waals surface area (Å²) in [7, 11) is 1.44. The van der Waals surface area contributed by atoms with E-state index in [2.05, 4.69) is 5.32 Å². The summed E-state index contributed by atoms with van der Waals surface area (Å²) in [6.45, 7) is 2.30. The van der Waals surface area contributed by atoms with Crippen molar-refractivity contribution in [2.75, 3.05) is 33.3 Å². The van der Waals surface area contributed by atoms with Crippen LogP contribution in [0.15, 0.2) is 18.2 Å². The van der Waals surface area contributed by atoms with E-state index in [0.29, 0.717) is 31.9 Å². The second kappa shape index (κ2) is 9.42. The molecule has 1 heterocycles. The van der Waals surface area contributed by atoms with Gasteiger partial charge in [-0.15, -0.1) is 24.8 Å². The molecule has 1 aromatic carbocycles. The maximum absolute atomic E-state index is 12.9. The minimum absolute atomic E-state index is 0. The molecule has 0 aliphatic carbocycles. The van der Waals surface area contributed by atoms with Gasteiger partial charge in [0.15, 0.2) is 0 Å². The van der Waals surface area contributed by atoms with Gasteiger partial charge in [-0.2, -0.15) is 13.2 Å². The van der Waals surface area contributed by atoms with Crippen LogP contribution in [0, 0.1) is 0 Å². The molecule has 1 fully saturated rings. The van der Waals surface area contributed by atoms with E-state index in [0.717, 1.165) is 0 Å². The number of hydrogen-bond donors (Lipinski definition) is 2. The summed E-state index contributed by atoms with van der Waals surface area (Å²) in [6.07, 6.45) is -5.29. The Hall–Kier alpha value is -0.890. The van der Waals surface area contributed by atoms with Gasteiger partial charge < -0.3 is 15.2 Å². The van der Waals surface area contributed by atoms with Crippen molar-refractivity contribution >= 4 is 24.8 Å². The predicted molar refractivity (Wildman–Crippen MR) is 87.0 cm³/mol. The van der Waals surface area contributed by atoms with Crippen LogP contribution in [0.2, 0.25) is 0 Å². The number of aromatic hydroxyl groups is 1. The molecule has 23 heavy (non-hydrogen) atoms. The summed E-state index contributed by atoms with van der Waals surface area (Å²) in [6, 6.07) is 3.48. The second-order valence-corrected chi connectivity index (χ2v) is 5.05. The molecule has 9 heteroatoms. The Morgan fingerprint density at radius 1 is 1.26 bits per heavy atom. The third-order valence-corrected chi connectivity index (χ3v) is 3.61. The number of piperazine rings is 1. The van der Waals surface area contributed by atoms with Gasteiger partial charge in [-0.25, -0.2) is 0 Å². The van der Waals surface area contributed by atoms with Crippen molar-refractivity contribution in [3.05, 3.63) is 23.8 Å². The summed E-state index contributed by atoms with van der Waals surface area (Å²) in [4.78, 5) is 1.75. The van der Waals surface area contributed by atoms with E-state index in [1.165, 1.54) is 25.3 Å². The van der Waals surface area contributed by atoms with Crippen molar-refractivity contribution in [2.24, 2.45) is 0 Å². The van der Waals surface area contributed by atoms with E-state index in [9.17, 15) is 18.3 Å². The van der Waals surface area contributed by atoms with Gasteiger partial charge in [0.1, 0.15) is 11.5 Å². The molecule has 1 aromatic rings. The van der Waals surface area contributed by atoms with Crippen LogP contribution in [-0.4, -0.2) is 49.5 Å². The Morgan fingerprint density at radius 3 is 2.39 bits per heavy atom.